The monoisotopic (exact) mass is 562 g/mol. The SMILES string of the molecule is Cc1c(O)cccc1C(=O)N[C@@H](Cc1ccccc1)[C@H](O)C(=O)N1CSC(C)(C)C1C(=O)NCc1cccnc1. The van der Waals surface area contributed by atoms with Crippen molar-refractivity contribution in [3.05, 3.63) is 95.3 Å². The van der Waals surface area contributed by atoms with Gasteiger partial charge in [0.25, 0.3) is 11.8 Å². The van der Waals surface area contributed by atoms with Gasteiger partial charge in [-0.1, -0.05) is 42.5 Å². The molecule has 1 saturated heterocycles. The molecule has 3 atom stereocenters. The summed E-state index contributed by atoms with van der Waals surface area (Å²) in [6.07, 6.45) is 1.87. The Morgan fingerprint density at radius 2 is 1.80 bits per heavy atom. The van der Waals surface area contributed by atoms with Crippen molar-refractivity contribution in [2.45, 2.75) is 56.7 Å². The Bertz CT molecular complexity index is 1350. The molecule has 1 aliphatic heterocycles. The largest absolute Gasteiger partial charge is 0.508 e. The molecule has 0 saturated carbocycles. The average molecular weight is 563 g/mol. The van der Waals surface area contributed by atoms with Gasteiger partial charge in [0.15, 0.2) is 6.10 Å². The minimum absolute atomic E-state index is 0.0275. The van der Waals surface area contributed by atoms with Crippen LogP contribution in [0.2, 0.25) is 0 Å². The number of amides is 3. The summed E-state index contributed by atoms with van der Waals surface area (Å²) in [6.45, 7) is 5.65. The first-order chi connectivity index (χ1) is 19.1. The second kappa shape index (κ2) is 12.5. The van der Waals surface area contributed by atoms with E-state index in [-0.39, 0.29) is 36.1 Å². The minimum Gasteiger partial charge on any atom is -0.508 e. The average Bonchev–Trinajstić information content (AvgIpc) is 3.27. The number of nitrogens with zero attached hydrogens (tertiary/aromatic N) is 2. The minimum atomic E-state index is -1.62. The fraction of sp³-hybridized carbons (Fsp3) is 0.333. The standard InChI is InChI=1S/C30H34N4O5S/c1-19-22(12-7-13-24(19)35)27(37)33-23(15-20-9-5-4-6-10-20)25(36)29(39)34-18-40-30(2,3)26(34)28(38)32-17-21-11-8-14-31-16-21/h4-14,16,23,25-26,35-36H,15,17-18H2,1-3H3,(H,32,38)(H,33,37)/t23-,25-,26?/m0/s1. The molecule has 4 rings (SSSR count). The molecule has 1 unspecified atom stereocenters. The summed E-state index contributed by atoms with van der Waals surface area (Å²) in [5.74, 6) is -1.32. The number of rotatable bonds is 9. The molecule has 10 heteroatoms. The number of pyridine rings is 1. The molecule has 1 aromatic heterocycles. The molecule has 4 N–H and O–H groups in total. The maximum absolute atomic E-state index is 13.8. The third-order valence-corrected chi connectivity index (χ3v) is 8.44. The maximum atomic E-state index is 13.8. The van der Waals surface area contributed by atoms with Crippen LogP contribution in [0.5, 0.6) is 5.75 Å². The number of aliphatic hydroxyl groups excluding tert-OH is 1. The number of carbonyl (C=O) groups is 3. The molecule has 3 amide bonds. The summed E-state index contributed by atoms with van der Waals surface area (Å²) < 4.78 is -0.606. The Morgan fingerprint density at radius 3 is 2.50 bits per heavy atom. The van der Waals surface area contributed by atoms with Crippen molar-refractivity contribution < 1.29 is 24.6 Å². The number of nitrogens with one attached hydrogen (secondary N) is 2. The molecule has 2 heterocycles. The lowest BCUT2D eigenvalue weighted by Gasteiger charge is -2.33. The van der Waals surface area contributed by atoms with Crippen molar-refractivity contribution >= 4 is 29.5 Å². The van der Waals surface area contributed by atoms with Crippen LogP contribution in [0.4, 0.5) is 0 Å². The van der Waals surface area contributed by atoms with Gasteiger partial charge in [0.05, 0.1) is 11.9 Å². The lowest BCUT2D eigenvalue weighted by molar-refractivity contribution is -0.147. The number of aromatic hydroxyl groups is 1. The van der Waals surface area contributed by atoms with Gasteiger partial charge in [-0.2, -0.15) is 0 Å². The molecule has 0 radical (unpaired) electrons. The Kier molecular flexibility index (Phi) is 9.11. The van der Waals surface area contributed by atoms with Gasteiger partial charge in [-0.3, -0.25) is 19.4 Å². The summed E-state index contributed by atoms with van der Waals surface area (Å²) in [7, 11) is 0. The Hall–Kier alpha value is -3.89. The molecule has 9 nitrogen and oxygen atoms in total. The number of thioether (sulfide) groups is 1. The van der Waals surface area contributed by atoms with Crippen LogP contribution in [0.3, 0.4) is 0 Å². The normalized spacial score (nSPS) is 17.6. The van der Waals surface area contributed by atoms with E-state index in [1.54, 1.807) is 37.5 Å². The Balaban J connectivity index is 1.56. The van der Waals surface area contributed by atoms with Crippen LogP contribution < -0.4 is 10.6 Å². The second-order valence-corrected chi connectivity index (χ2v) is 11.9. The van der Waals surface area contributed by atoms with E-state index in [1.807, 2.05) is 50.2 Å². The third-order valence-electron chi connectivity index (χ3n) is 7.07. The van der Waals surface area contributed by atoms with Gasteiger partial charge >= 0.3 is 0 Å². The van der Waals surface area contributed by atoms with E-state index in [0.29, 0.717) is 5.56 Å². The topological polar surface area (TPSA) is 132 Å². The molecular weight excluding hydrogens is 528 g/mol. The van der Waals surface area contributed by atoms with Crippen LogP contribution in [-0.4, -0.2) is 66.6 Å². The molecule has 2 aromatic carbocycles. The van der Waals surface area contributed by atoms with Crippen molar-refractivity contribution in [3.8, 4) is 5.75 Å². The van der Waals surface area contributed by atoms with Crippen LogP contribution in [0, 0.1) is 6.92 Å². The molecule has 0 aliphatic carbocycles. The lowest BCUT2D eigenvalue weighted by atomic mass is 9.96. The lowest BCUT2D eigenvalue weighted by Crippen LogP contribution is -2.58. The summed E-state index contributed by atoms with van der Waals surface area (Å²) in [6, 6.07) is 15.6. The van der Waals surface area contributed by atoms with E-state index in [9.17, 15) is 24.6 Å². The van der Waals surface area contributed by atoms with Crippen molar-refractivity contribution in [2.24, 2.45) is 0 Å². The van der Waals surface area contributed by atoms with Gasteiger partial charge < -0.3 is 25.7 Å². The Labute approximate surface area is 238 Å². The number of hydrogen-bond donors (Lipinski definition) is 4. The first-order valence-electron chi connectivity index (χ1n) is 13.0. The Morgan fingerprint density at radius 1 is 1.07 bits per heavy atom. The molecule has 0 spiro atoms. The van der Waals surface area contributed by atoms with Crippen LogP contribution in [0.15, 0.2) is 73.1 Å². The summed E-state index contributed by atoms with van der Waals surface area (Å²) in [4.78, 5) is 45.8. The maximum Gasteiger partial charge on any atom is 0.254 e. The number of aromatic nitrogens is 1. The van der Waals surface area contributed by atoms with Crippen molar-refractivity contribution in [1.29, 1.82) is 0 Å². The number of carbonyl (C=O) groups excluding carboxylic acids is 3. The first-order valence-corrected chi connectivity index (χ1v) is 14.0. The van der Waals surface area contributed by atoms with Gasteiger partial charge in [-0.15, -0.1) is 11.8 Å². The van der Waals surface area contributed by atoms with Crippen molar-refractivity contribution in [1.82, 2.24) is 20.5 Å². The number of phenolic OH excluding ortho intramolecular Hbond substituents is 1. The molecule has 210 valence electrons. The predicted molar refractivity (Wildman–Crippen MR) is 154 cm³/mol. The highest BCUT2D eigenvalue weighted by Crippen LogP contribution is 2.40. The smallest absolute Gasteiger partial charge is 0.254 e. The van der Waals surface area contributed by atoms with Gasteiger partial charge in [-0.25, -0.2) is 0 Å². The van der Waals surface area contributed by atoms with Crippen LogP contribution in [-0.2, 0) is 22.6 Å². The van der Waals surface area contributed by atoms with Crippen LogP contribution in [0.25, 0.3) is 0 Å². The quantitative estimate of drug-likeness (QED) is 0.315. The fourth-order valence-electron chi connectivity index (χ4n) is 4.77. The third kappa shape index (κ3) is 6.63. The van der Waals surface area contributed by atoms with Crippen molar-refractivity contribution in [3.63, 3.8) is 0 Å². The van der Waals surface area contributed by atoms with Crippen molar-refractivity contribution in [2.75, 3.05) is 5.88 Å². The number of phenols is 1. The van der Waals surface area contributed by atoms with Gasteiger partial charge in [0, 0.05) is 34.8 Å². The van der Waals surface area contributed by atoms with E-state index in [4.69, 9.17) is 0 Å². The van der Waals surface area contributed by atoms with E-state index >= 15 is 0 Å². The molecule has 0 bridgehead atoms. The zero-order chi connectivity index (χ0) is 28.9. The zero-order valence-electron chi connectivity index (χ0n) is 22.7. The van der Waals surface area contributed by atoms with Crippen LogP contribution in [0.1, 0.15) is 40.9 Å². The van der Waals surface area contributed by atoms with Gasteiger partial charge in [0.1, 0.15) is 11.8 Å². The first kappa shape index (κ1) is 29.1. The highest BCUT2D eigenvalue weighted by atomic mass is 32.2. The van der Waals surface area contributed by atoms with E-state index < -0.39 is 34.7 Å². The molecule has 40 heavy (non-hydrogen) atoms. The number of hydrogen-bond acceptors (Lipinski definition) is 7. The second-order valence-electron chi connectivity index (χ2n) is 10.3. The number of aliphatic hydroxyl groups is 1. The summed E-state index contributed by atoms with van der Waals surface area (Å²) >= 11 is 1.45. The molecule has 3 aromatic rings. The summed E-state index contributed by atoms with van der Waals surface area (Å²) in [5.41, 5.74) is 2.27. The fourth-order valence-corrected chi connectivity index (χ4v) is 5.91. The van der Waals surface area contributed by atoms with E-state index in [2.05, 4.69) is 15.6 Å². The highest BCUT2D eigenvalue weighted by Gasteiger charge is 2.49. The predicted octanol–water partition coefficient (Wildman–Crippen LogP) is 2.79. The highest BCUT2D eigenvalue weighted by molar-refractivity contribution is 8.00. The summed E-state index contributed by atoms with van der Waals surface area (Å²) in [5, 5.41) is 27.2. The van der Waals surface area contributed by atoms with E-state index in [1.165, 1.54) is 22.7 Å². The zero-order valence-corrected chi connectivity index (χ0v) is 23.5. The van der Waals surface area contributed by atoms with E-state index in [0.717, 1.165) is 11.1 Å². The number of benzene rings is 2. The van der Waals surface area contributed by atoms with Gasteiger partial charge in [-0.05, 0) is 56.5 Å². The van der Waals surface area contributed by atoms with Crippen LogP contribution >= 0.6 is 11.8 Å². The molecule has 1 aliphatic rings. The van der Waals surface area contributed by atoms with Gasteiger partial charge in [0.2, 0.25) is 5.91 Å². The molecular formula is C30H34N4O5S. The molecule has 1 fully saturated rings.